The van der Waals surface area contributed by atoms with E-state index in [0.717, 1.165) is 21.6 Å². The van der Waals surface area contributed by atoms with Gasteiger partial charge in [-0.3, -0.25) is 9.20 Å². The van der Waals surface area contributed by atoms with Gasteiger partial charge in [0.15, 0.2) is 11.5 Å². The van der Waals surface area contributed by atoms with Gasteiger partial charge in [-0.15, -0.1) is 22.0 Å². The molecule has 5 nitrogen and oxygen atoms in total. The number of nitrogens with zero attached hydrogens (tertiary/aromatic N) is 3. The van der Waals surface area contributed by atoms with Crippen LogP contribution >= 0.6 is 27.7 Å². The minimum Gasteiger partial charge on any atom is -0.348 e. The number of nitrogens with one attached hydrogen (secondary N) is 1. The normalized spacial score (nSPS) is 11.7. The molecule has 2 aromatic heterocycles. The minimum absolute atomic E-state index is 0.0117. The molecule has 1 aromatic carbocycles. The highest BCUT2D eigenvalue weighted by Gasteiger charge is 2.31. The van der Waals surface area contributed by atoms with Gasteiger partial charge < -0.3 is 5.32 Å². The van der Waals surface area contributed by atoms with Crippen LogP contribution in [-0.4, -0.2) is 26.3 Å². The quantitative estimate of drug-likeness (QED) is 0.605. The number of pyridine rings is 1. The molecule has 1 N–H and O–H groups in total. The molecule has 0 spiro atoms. The number of benzene rings is 1. The Hall–Kier alpha value is -2.07. The number of hydrogen-bond acceptors (Lipinski definition) is 4. The SMILES string of the molecule is O=C(CSc1ccc(Br)cc1)NCc1nnc2ccc(C(F)(F)F)cn12. The lowest BCUT2D eigenvalue weighted by atomic mass is 10.3. The molecular weight excluding hydrogens is 433 g/mol. The van der Waals surface area contributed by atoms with Crippen molar-refractivity contribution >= 4 is 39.2 Å². The standard InChI is InChI=1S/C16H12BrF3N4OS/c17-11-2-4-12(5-3-11)26-9-15(25)21-7-14-23-22-13-6-1-10(8-24(13)14)16(18,19)20/h1-6,8H,7,9H2,(H,21,25). The molecule has 0 aliphatic rings. The summed E-state index contributed by atoms with van der Waals surface area (Å²) in [6.07, 6.45) is -3.53. The zero-order valence-electron chi connectivity index (χ0n) is 13.1. The Bertz CT molecular complexity index is 927. The van der Waals surface area contributed by atoms with Crippen LogP contribution < -0.4 is 5.32 Å². The van der Waals surface area contributed by atoms with Gasteiger partial charge in [-0.05, 0) is 36.4 Å². The molecule has 0 saturated heterocycles. The average Bonchev–Trinajstić information content (AvgIpc) is 3.01. The zero-order valence-corrected chi connectivity index (χ0v) is 15.5. The van der Waals surface area contributed by atoms with Gasteiger partial charge in [0.1, 0.15) is 0 Å². The molecule has 0 saturated carbocycles. The molecule has 136 valence electrons. The monoisotopic (exact) mass is 444 g/mol. The van der Waals surface area contributed by atoms with E-state index in [1.807, 2.05) is 24.3 Å². The molecule has 2 heterocycles. The summed E-state index contributed by atoms with van der Waals surface area (Å²) in [6, 6.07) is 9.70. The van der Waals surface area contributed by atoms with Crippen LogP contribution in [0.2, 0.25) is 0 Å². The number of amides is 1. The summed E-state index contributed by atoms with van der Waals surface area (Å²) in [4.78, 5) is 12.9. The number of rotatable bonds is 5. The summed E-state index contributed by atoms with van der Waals surface area (Å²) in [5.41, 5.74) is -0.519. The van der Waals surface area contributed by atoms with Crippen LogP contribution in [0.15, 0.2) is 52.0 Å². The van der Waals surface area contributed by atoms with E-state index in [1.165, 1.54) is 22.2 Å². The van der Waals surface area contributed by atoms with Crippen LogP contribution in [0.5, 0.6) is 0 Å². The van der Waals surface area contributed by atoms with Crippen molar-refractivity contribution in [3.8, 4) is 0 Å². The highest BCUT2D eigenvalue weighted by atomic mass is 79.9. The third kappa shape index (κ3) is 4.55. The van der Waals surface area contributed by atoms with Gasteiger partial charge in [-0.2, -0.15) is 13.2 Å². The van der Waals surface area contributed by atoms with Gasteiger partial charge >= 0.3 is 6.18 Å². The lowest BCUT2D eigenvalue weighted by molar-refractivity contribution is -0.137. The smallest absolute Gasteiger partial charge is 0.348 e. The Kier molecular flexibility index (Phi) is 5.52. The first kappa shape index (κ1) is 18.7. The average molecular weight is 445 g/mol. The maximum Gasteiger partial charge on any atom is 0.417 e. The molecular formula is C16H12BrF3N4OS. The lowest BCUT2D eigenvalue weighted by Gasteiger charge is -2.08. The zero-order chi connectivity index (χ0) is 18.7. The summed E-state index contributed by atoms with van der Waals surface area (Å²) in [5.74, 6) is 0.168. The highest BCUT2D eigenvalue weighted by Crippen LogP contribution is 2.29. The fourth-order valence-electron chi connectivity index (χ4n) is 2.13. The van der Waals surface area contributed by atoms with Gasteiger partial charge in [0.05, 0.1) is 17.9 Å². The summed E-state index contributed by atoms with van der Waals surface area (Å²) in [6.45, 7) is -0.0117. The summed E-state index contributed by atoms with van der Waals surface area (Å²) in [5, 5.41) is 10.3. The third-order valence-electron chi connectivity index (χ3n) is 3.43. The van der Waals surface area contributed by atoms with Crippen molar-refractivity contribution in [3.05, 3.63) is 58.5 Å². The molecule has 0 atom stereocenters. The number of halogens is 4. The maximum absolute atomic E-state index is 12.8. The Labute approximate surface area is 159 Å². The summed E-state index contributed by atoms with van der Waals surface area (Å²) in [7, 11) is 0. The Morgan fingerprint density at radius 1 is 1.15 bits per heavy atom. The number of hydrogen-bond donors (Lipinski definition) is 1. The Balaban J connectivity index is 1.62. The topological polar surface area (TPSA) is 59.3 Å². The number of carbonyl (C=O) groups is 1. The van der Waals surface area contributed by atoms with Crippen molar-refractivity contribution in [2.24, 2.45) is 0 Å². The van der Waals surface area contributed by atoms with Crippen LogP contribution in [0, 0.1) is 0 Å². The fraction of sp³-hybridized carbons (Fsp3) is 0.188. The number of alkyl halides is 3. The van der Waals surface area contributed by atoms with E-state index < -0.39 is 11.7 Å². The van der Waals surface area contributed by atoms with Crippen molar-refractivity contribution in [1.29, 1.82) is 0 Å². The molecule has 0 aliphatic carbocycles. The molecule has 0 unspecified atom stereocenters. The molecule has 3 rings (SSSR count). The van der Waals surface area contributed by atoms with Crippen molar-refractivity contribution in [2.45, 2.75) is 17.6 Å². The van der Waals surface area contributed by atoms with Crippen molar-refractivity contribution in [3.63, 3.8) is 0 Å². The molecule has 3 aromatic rings. The fourth-order valence-corrected chi connectivity index (χ4v) is 3.13. The van der Waals surface area contributed by atoms with Gasteiger partial charge in [0.2, 0.25) is 5.91 Å². The second-order valence-corrected chi connectivity index (χ2v) is 7.24. The first-order chi connectivity index (χ1) is 12.3. The van der Waals surface area contributed by atoms with Crippen LogP contribution in [0.1, 0.15) is 11.4 Å². The molecule has 0 radical (unpaired) electrons. The van der Waals surface area contributed by atoms with Gasteiger partial charge in [0, 0.05) is 15.6 Å². The van der Waals surface area contributed by atoms with E-state index in [9.17, 15) is 18.0 Å². The highest BCUT2D eigenvalue weighted by molar-refractivity contribution is 9.10. The van der Waals surface area contributed by atoms with E-state index in [0.29, 0.717) is 0 Å². The second-order valence-electron chi connectivity index (χ2n) is 5.28. The lowest BCUT2D eigenvalue weighted by Crippen LogP contribution is -2.25. The Morgan fingerprint density at radius 2 is 1.88 bits per heavy atom. The number of carbonyl (C=O) groups excluding carboxylic acids is 1. The maximum atomic E-state index is 12.8. The van der Waals surface area contributed by atoms with Gasteiger partial charge in [0.25, 0.3) is 0 Å². The largest absolute Gasteiger partial charge is 0.417 e. The van der Waals surface area contributed by atoms with Crippen LogP contribution in [0.4, 0.5) is 13.2 Å². The minimum atomic E-state index is -4.46. The molecule has 0 fully saturated rings. The molecule has 1 amide bonds. The Morgan fingerprint density at radius 3 is 2.58 bits per heavy atom. The van der Waals surface area contributed by atoms with E-state index in [4.69, 9.17) is 0 Å². The van der Waals surface area contributed by atoms with Gasteiger partial charge in [-0.1, -0.05) is 15.9 Å². The summed E-state index contributed by atoms with van der Waals surface area (Å²) >= 11 is 4.69. The molecule has 0 bridgehead atoms. The van der Waals surface area contributed by atoms with Crippen LogP contribution in [-0.2, 0) is 17.5 Å². The molecule has 26 heavy (non-hydrogen) atoms. The molecule has 10 heteroatoms. The molecule has 0 aliphatic heterocycles. The number of thioether (sulfide) groups is 1. The van der Waals surface area contributed by atoms with Crippen molar-refractivity contribution < 1.29 is 18.0 Å². The van der Waals surface area contributed by atoms with Gasteiger partial charge in [-0.25, -0.2) is 0 Å². The van der Waals surface area contributed by atoms with Crippen LogP contribution in [0.3, 0.4) is 0 Å². The van der Waals surface area contributed by atoms with Crippen molar-refractivity contribution in [2.75, 3.05) is 5.75 Å². The predicted molar refractivity (Wildman–Crippen MR) is 94.7 cm³/mol. The first-order valence-electron chi connectivity index (χ1n) is 7.39. The number of aromatic nitrogens is 3. The van der Waals surface area contributed by atoms with E-state index in [-0.39, 0.29) is 29.7 Å². The first-order valence-corrected chi connectivity index (χ1v) is 9.17. The van der Waals surface area contributed by atoms with Crippen molar-refractivity contribution in [1.82, 2.24) is 19.9 Å². The predicted octanol–water partition coefficient (Wildman–Crippen LogP) is 3.92. The number of fused-ring (bicyclic) bond motifs is 1. The van der Waals surface area contributed by atoms with E-state index in [2.05, 4.69) is 31.4 Å². The summed E-state index contributed by atoms with van der Waals surface area (Å²) < 4.78 is 40.6. The van der Waals surface area contributed by atoms with E-state index >= 15 is 0 Å². The van der Waals surface area contributed by atoms with E-state index in [1.54, 1.807) is 0 Å². The second kappa shape index (κ2) is 7.67. The third-order valence-corrected chi connectivity index (χ3v) is 4.97. The van der Waals surface area contributed by atoms with Crippen LogP contribution in [0.25, 0.3) is 5.65 Å².